The van der Waals surface area contributed by atoms with Crippen LogP contribution in [0.5, 0.6) is 0 Å². The Morgan fingerprint density at radius 1 is 1.31 bits per heavy atom. The van der Waals surface area contributed by atoms with Crippen molar-refractivity contribution < 1.29 is 22.4 Å². The van der Waals surface area contributed by atoms with Crippen LogP contribution in [-0.2, 0) is 30.5 Å². The van der Waals surface area contributed by atoms with Crippen LogP contribution in [0.2, 0.25) is 4.34 Å². The molecular weight excluding hydrogens is 466 g/mol. The fourth-order valence-corrected chi connectivity index (χ4v) is 4.63. The molecule has 170 valence electrons. The zero-order chi connectivity index (χ0) is 23.5. The van der Waals surface area contributed by atoms with Crippen molar-refractivity contribution in [3.8, 4) is 11.1 Å². The number of fused-ring (bicyclic) bond motifs is 1. The first-order valence-corrected chi connectivity index (χ1v) is 10.9. The molecule has 4 nitrogen and oxygen atoms in total. The molecule has 0 bridgehead atoms. The summed E-state index contributed by atoms with van der Waals surface area (Å²) in [5.41, 5.74) is -0.102. The quantitative estimate of drug-likeness (QED) is 0.327. The van der Waals surface area contributed by atoms with Crippen molar-refractivity contribution in [2.24, 2.45) is 0 Å². The second kappa shape index (κ2) is 9.87. The summed E-state index contributed by atoms with van der Waals surface area (Å²) in [6, 6.07) is 7.34. The van der Waals surface area contributed by atoms with E-state index in [1.807, 2.05) is 6.07 Å². The number of carbonyl (C=O) groups excluding carboxylic acids is 1. The van der Waals surface area contributed by atoms with Crippen molar-refractivity contribution in [1.82, 2.24) is 14.7 Å². The Morgan fingerprint density at radius 3 is 2.66 bits per heavy atom. The zero-order valence-corrected chi connectivity index (χ0v) is 18.7. The number of alkyl halides is 3. The highest BCUT2D eigenvalue weighted by Crippen LogP contribution is 2.37. The van der Waals surface area contributed by atoms with Crippen LogP contribution in [0.3, 0.4) is 0 Å². The molecular formula is C22H20ClF4N3OS. The van der Waals surface area contributed by atoms with E-state index in [2.05, 4.69) is 11.7 Å². The van der Waals surface area contributed by atoms with Crippen molar-refractivity contribution in [2.75, 3.05) is 6.54 Å². The summed E-state index contributed by atoms with van der Waals surface area (Å²) in [5.74, 6) is -0.696. The van der Waals surface area contributed by atoms with Gasteiger partial charge in [0.1, 0.15) is 5.82 Å². The maximum Gasteiger partial charge on any atom is 0.435 e. The molecule has 0 aliphatic carbocycles. The van der Waals surface area contributed by atoms with Crippen LogP contribution in [0, 0.1) is 5.82 Å². The molecule has 32 heavy (non-hydrogen) atoms. The molecule has 2 aromatic heterocycles. The molecule has 0 unspecified atom stereocenters. The van der Waals surface area contributed by atoms with Crippen LogP contribution in [0.1, 0.15) is 23.1 Å². The molecule has 1 aromatic carbocycles. The number of aromatic nitrogens is 2. The van der Waals surface area contributed by atoms with Crippen molar-refractivity contribution in [1.29, 1.82) is 0 Å². The molecule has 3 aromatic rings. The standard InChI is InChI=1S/C12H10F4N2.C10H10ClNOS/c1-2-18-7-9(11(17-18)12(14,15)16)8-5-3-4-6-10(8)13;1-2-10(13)12-4-3-7-5-9(11)14-8(7)6-12/h3-7H,2H2,1H3;2,5H,1,3-4,6H2. The van der Waals surface area contributed by atoms with Crippen molar-refractivity contribution in [3.05, 3.63) is 75.5 Å². The maximum absolute atomic E-state index is 13.6. The lowest BCUT2D eigenvalue weighted by molar-refractivity contribution is -0.141. The summed E-state index contributed by atoms with van der Waals surface area (Å²) in [6.07, 6.45) is -1.13. The predicted molar refractivity (Wildman–Crippen MR) is 117 cm³/mol. The van der Waals surface area contributed by atoms with E-state index in [1.54, 1.807) is 23.2 Å². The molecule has 0 radical (unpaired) electrons. The third-order valence-corrected chi connectivity index (χ3v) is 6.15. The fourth-order valence-electron chi connectivity index (χ4n) is 3.27. The molecule has 4 rings (SSSR count). The van der Waals surface area contributed by atoms with Crippen LogP contribution in [-0.4, -0.2) is 27.1 Å². The molecule has 0 fully saturated rings. The minimum Gasteiger partial charge on any atom is -0.334 e. The van der Waals surface area contributed by atoms with E-state index >= 15 is 0 Å². The van der Waals surface area contributed by atoms with Gasteiger partial charge in [0, 0.05) is 35.3 Å². The van der Waals surface area contributed by atoms with Gasteiger partial charge in [0.05, 0.1) is 10.9 Å². The number of thiophene rings is 1. The van der Waals surface area contributed by atoms with Crippen molar-refractivity contribution in [2.45, 2.75) is 32.6 Å². The number of rotatable bonds is 3. The average molecular weight is 486 g/mol. The average Bonchev–Trinajstić information content (AvgIpc) is 3.36. The molecule has 0 spiro atoms. The number of halogens is 5. The fraction of sp³-hybridized carbons (Fsp3) is 0.273. The Labute approximate surface area is 191 Å². The van der Waals surface area contributed by atoms with Gasteiger partial charge in [-0.3, -0.25) is 9.48 Å². The van der Waals surface area contributed by atoms with E-state index < -0.39 is 17.7 Å². The van der Waals surface area contributed by atoms with Crippen LogP contribution in [0.25, 0.3) is 11.1 Å². The smallest absolute Gasteiger partial charge is 0.334 e. The van der Waals surface area contributed by atoms with E-state index in [-0.39, 0.29) is 23.6 Å². The molecule has 0 atom stereocenters. The zero-order valence-electron chi connectivity index (χ0n) is 17.1. The number of benzene rings is 1. The highest BCUT2D eigenvalue weighted by atomic mass is 35.5. The summed E-state index contributed by atoms with van der Waals surface area (Å²) in [5, 5.41) is 3.44. The molecule has 1 amide bonds. The van der Waals surface area contributed by atoms with Gasteiger partial charge in [-0.2, -0.15) is 18.3 Å². The first kappa shape index (κ1) is 24.0. The van der Waals surface area contributed by atoms with Crippen molar-refractivity contribution >= 4 is 28.8 Å². The minimum absolute atomic E-state index is 0.000160. The number of amides is 1. The van der Waals surface area contributed by atoms with E-state index in [1.165, 1.54) is 40.9 Å². The van der Waals surface area contributed by atoms with Gasteiger partial charge in [-0.15, -0.1) is 11.3 Å². The van der Waals surface area contributed by atoms with Gasteiger partial charge in [-0.1, -0.05) is 36.4 Å². The van der Waals surface area contributed by atoms with Gasteiger partial charge in [0.2, 0.25) is 5.91 Å². The molecule has 0 N–H and O–H groups in total. The van der Waals surface area contributed by atoms with Gasteiger partial charge in [-0.25, -0.2) is 4.39 Å². The molecule has 0 saturated heterocycles. The molecule has 3 heterocycles. The first-order valence-electron chi connectivity index (χ1n) is 9.72. The summed E-state index contributed by atoms with van der Waals surface area (Å²) < 4.78 is 54.0. The molecule has 1 aliphatic rings. The van der Waals surface area contributed by atoms with E-state index in [0.29, 0.717) is 6.54 Å². The first-order chi connectivity index (χ1) is 15.1. The topological polar surface area (TPSA) is 38.1 Å². The monoisotopic (exact) mass is 485 g/mol. The van der Waals surface area contributed by atoms with Gasteiger partial charge in [-0.05, 0) is 37.1 Å². The van der Waals surface area contributed by atoms with Crippen LogP contribution in [0.4, 0.5) is 17.6 Å². The third kappa shape index (κ3) is 5.39. The minimum atomic E-state index is -4.60. The molecule has 10 heteroatoms. The van der Waals surface area contributed by atoms with Gasteiger partial charge >= 0.3 is 6.18 Å². The van der Waals surface area contributed by atoms with E-state index in [9.17, 15) is 22.4 Å². The van der Waals surface area contributed by atoms with Crippen LogP contribution in [0.15, 0.2) is 49.2 Å². The lowest BCUT2D eigenvalue weighted by Crippen LogP contribution is -2.33. The lowest BCUT2D eigenvalue weighted by Gasteiger charge is -2.25. The SMILES string of the molecule is C=CC(=O)N1CCc2cc(Cl)sc2C1.CCn1cc(-c2ccccc2F)c(C(F)(F)F)n1. The van der Waals surface area contributed by atoms with Crippen LogP contribution >= 0.6 is 22.9 Å². The maximum atomic E-state index is 13.6. The second-order valence-electron chi connectivity index (χ2n) is 6.94. The predicted octanol–water partition coefficient (Wildman–Crippen LogP) is 6.20. The Morgan fingerprint density at radius 2 is 2.03 bits per heavy atom. The van der Waals surface area contributed by atoms with Crippen molar-refractivity contribution in [3.63, 3.8) is 0 Å². The largest absolute Gasteiger partial charge is 0.435 e. The van der Waals surface area contributed by atoms with Gasteiger partial charge in [0.15, 0.2) is 5.69 Å². The summed E-state index contributed by atoms with van der Waals surface area (Å²) in [6.45, 7) is 6.88. The second-order valence-corrected chi connectivity index (χ2v) is 8.71. The Balaban J connectivity index is 0.000000186. The highest BCUT2D eigenvalue weighted by molar-refractivity contribution is 7.16. The Hall–Kier alpha value is -2.65. The Kier molecular flexibility index (Phi) is 7.40. The van der Waals surface area contributed by atoms with Gasteiger partial charge in [0.25, 0.3) is 0 Å². The van der Waals surface area contributed by atoms with Crippen LogP contribution < -0.4 is 0 Å². The highest BCUT2D eigenvalue weighted by Gasteiger charge is 2.38. The number of aryl methyl sites for hydroxylation is 1. The number of nitrogens with zero attached hydrogens (tertiary/aromatic N) is 3. The molecule has 1 aliphatic heterocycles. The van der Waals surface area contributed by atoms with E-state index in [4.69, 9.17) is 11.6 Å². The summed E-state index contributed by atoms with van der Waals surface area (Å²) >= 11 is 7.47. The lowest BCUT2D eigenvalue weighted by atomic mass is 10.1. The number of hydrogen-bond acceptors (Lipinski definition) is 3. The summed E-state index contributed by atoms with van der Waals surface area (Å²) in [4.78, 5) is 14.4. The normalized spacial score (nSPS) is 13.2. The third-order valence-electron chi connectivity index (χ3n) is 4.86. The summed E-state index contributed by atoms with van der Waals surface area (Å²) in [7, 11) is 0. The van der Waals surface area contributed by atoms with Gasteiger partial charge < -0.3 is 4.90 Å². The Bertz CT molecular complexity index is 1120. The molecule has 0 saturated carbocycles. The number of hydrogen-bond donors (Lipinski definition) is 0. The number of carbonyl (C=O) groups is 1. The van der Waals surface area contributed by atoms with E-state index in [0.717, 1.165) is 28.1 Å².